The number of hydrogen-bond acceptors (Lipinski definition) is 2. The van der Waals surface area contributed by atoms with Crippen molar-refractivity contribution in [2.24, 2.45) is 5.92 Å². The summed E-state index contributed by atoms with van der Waals surface area (Å²) in [5, 5.41) is 0. The fourth-order valence-electron chi connectivity index (χ4n) is 2.89. The first-order valence-corrected chi connectivity index (χ1v) is 10.4. The number of ether oxygens (including phenoxy) is 1. The minimum Gasteiger partial charge on any atom is -0.462 e. The Kier molecular flexibility index (Phi) is 20.7. The van der Waals surface area contributed by atoms with Crippen molar-refractivity contribution in [2.75, 3.05) is 6.61 Å². The van der Waals surface area contributed by atoms with Gasteiger partial charge in [0, 0.05) is 5.57 Å². The predicted molar refractivity (Wildman–Crippen MR) is 112 cm³/mol. The number of unbranched alkanes of at least 4 members (excludes halogenated alkanes) is 12. The molecule has 0 atom stereocenters. The maximum Gasteiger partial charge on any atom is 0.333 e. The first kappa shape index (κ1) is 26.4. The van der Waals surface area contributed by atoms with Gasteiger partial charge in [0.25, 0.3) is 0 Å². The van der Waals surface area contributed by atoms with Crippen molar-refractivity contribution < 1.29 is 9.53 Å². The van der Waals surface area contributed by atoms with Gasteiger partial charge in [-0.1, -0.05) is 111 Å². The highest BCUT2D eigenvalue weighted by atomic mass is 16.5. The molecule has 0 fully saturated rings. The Labute approximate surface area is 158 Å². The average Bonchev–Trinajstić information content (AvgIpc) is 2.53. The van der Waals surface area contributed by atoms with Crippen LogP contribution in [0.15, 0.2) is 12.2 Å². The Hall–Kier alpha value is -0.790. The summed E-state index contributed by atoms with van der Waals surface area (Å²) in [5.74, 6) is 0.617. The molecule has 0 aromatic rings. The van der Waals surface area contributed by atoms with Gasteiger partial charge in [-0.05, 0) is 19.3 Å². The number of rotatable bonds is 17. The van der Waals surface area contributed by atoms with Crippen molar-refractivity contribution in [3.63, 3.8) is 0 Å². The second-order valence-corrected chi connectivity index (χ2v) is 7.69. The van der Waals surface area contributed by atoms with Crippen LogP contribution in [0.5, 0.6) is 0 Å². The molecule has 2 nitrogen and oxygen atoms in total. The van der Waals surface area contributed by atoms with E-state index in [1.807, 2.05) is 0 Å². The van der Waals surface area contributed by atoms with Crippen molar-refractivity contribution >= 4 is 5.97 Å². The van der Waals surface area contributed by atoms with E-state index in [0.29, 0.717) is 12.2 Å². The van der Waals surface area contributed by atoms with Crippen molar-refractivity contribution in [3.05, 3.63) is 19.6 Å². The molecule has 0 aromatic carbocycles. The van der Waals surface area contributed by atoms with Gasteiger partial charge in [-0.3, -0.25) is 0 Å². The van der Waals surface area contributed by atoms with Crippen LogP contribution in [0, 0.1) is 13.3 Å². The number of carbonyl (C=O) groups excluding carboxylic acids is 1. The molecule has 0 aliphatic heterocycles. The lowest BCUT2D eigenvalue weighted by molar-refractivity contribution is -0.139. The minimum atomic E-state index is -0.255. The van der Waals surface area contributed by atoms with Gasteiger partial charge in [-0.15, -0.1) is 0 Å². The van der Waals surface area contributed by atoms with Crippen LogP contribution in [0.3, 0.4) is 0 Å². The van der Waals surface area contributed by atoms with Gasteiger partial charge < -0.3 is 4.74 Å². The van der Waals surface area contributed by atoms with E-state index in [4.69, 9.17) is 4.74 Å². The predicted octanol–water partition coefficient (Wildman–Crippen LogP) is 7.67. The molecule has 1 radical (unpaired) electrons. The third kappa shape index (κ3) is 21.2. The normalized spacial score (nSPS) is 10.6. The molecule has 0 heterocycles. The van der Waals surface area contributed by atoms with E-state index in [1.165, 1.54) is 83.5 Å². The van der Waals surface area contributed by atoms with Crippen molar-refractivity contribution in [1.82, 2.24) is 0 Å². The Bertz CT molecular complexity index is 307. The van der Waals surface area contributed by atoms with Crippen LogP contribution in [0.1, 0.15) is 111 Å². The number of carbonyl (C=O) groups is 1. The van der Waals surface area contributed by atoms with Crippen molar-refractivity contribution in [1.29, 1.82) is 0 Å². The zero-order chi connectivity index (χ0) is 18.0. The Morgan fingerprint density at radius 2 is 1.12 bits per heavy atom. The lowest BCUT2D eigenvalue weighted by Crippen LogP contribution is -2.05. The summed E-state index contributed by atoms with van der Waals surface area (Å²) in [6, 6.07) is 0. The van der Waals surface area contributed by atoms with E-state index in [9.17, 15) is 4.79 Å². The van der Waals surface area contributed by atoms with E-state index >= 15 is 0 Å². The molecule has 0 N–H and O–H groups in total. The van der Waals surface area contributed by atoms with Crippen molar-refractivity contribution in [3.8, 4) is 0 Å². The van der Waals surface area contributed by atoms with Gasteiger partial charge in [-0.25, -0.2) is 4.79 Å². The second kappa shape index (κ2) is 19.5. The van der Waals surface area contributed by atoms with E-state index in [1.54, 1.807) is 6.92 Å². The zero-order valence-corrected chi connectivity index (χ0v) is 17.7. The molecule has 0 aromatic heterocycles. The quantitative estimate of drug-likeness (QED) is 0.152. The molecule has 2 heteroatoms. The molecule has 0 unspecified atom stereocenters. The largest absolute Gasteiger partial charge is 0.462 e. The van der Waals surface area contributed by atoms with Crippen LogP contribution in [0.2, 0.25) is 0 Å². The molecule has 0 aliphatic carbocycles. The smallest absolute Gasteiger partial charge is 0.333 e. The molecule has 149 valence electrons. The average molecular weight is 354 g/mol. The molecule has 0 aliphatic rings. The first-order valence-electron chi connectivity index (χ1n) is 10.4. The summed E-state index contributed by atoms with van der Waals surface area (Å²) in [7, 11) is 0. The third-order valence-electron chi connectivity index (χ3n) is 4.51. The summed E-state index contributed by atoms with van der Waals surface area (Å²) in [6.45, 7) is 10.4. The fourth-order valence-corrected chi connectivity index (χ4v) is 2.89. The highest BCUT2D eigenvalue weighted by molar-refractivity contribution is 5.86. The molecular weight excluding hydrogens is 308 g/mol. The number of esters is 1. The van der Waals surface area contributed by atoms with Crippen LogP contribution >= 0.6 is 0 Å². The maximum absolute atomic E-state index is 11.2. The molecule has 0 rings (SSSR count). The Morgan fingerprint density at radius 1 is 0.760 bits per heavy atom. The van der Waals surface area contributed by atoms with Gasteiger partial charge >= 0.3 is 5.97 Å². The summed E-state index contributed by atoms with van der Waals surface area (Å²) in [6.07, 6.45) is 18.8. The lowest BCUT2D eigenvalue weighted by Gasteiger charge is -2.05. The molecule has 0 saturated heterocycles. The minimum absolute atomic E-state index is 0. The summed E-state index contributed by atoms with van der Waals surface area (Å²) in [5.41, 5.74) is 0.491. The van der Waals surface area contributed by atoms with Crippen LogP contribution < -0.4 is 0 Å². The van der Waals surface area contributed by atoms with Gasteiger partial charge in [0.1, 0.15) is 0 Å². The zero-order valence-electron chi connectivity index (χ0n) is 17.7. The van der Waals surface area contributed by atoms with Gasteiger partial charge in [0.15, 0.2) is 0 Å². The van der Waals surface area contributed by atoms with Crippen LogP contribution in [0.25, 0.3) is 0 Å². The molecule has 0 spiro atoms. The van der Waals surface area contributed by atoms with E-state index in [2.05, 4.69) is 20.4 Å². The van der Waals surface area contributed by atoms with Crippen LogP contribution in [0.4, 0.5) is 0 Å². The van der Waals surface area contributed by atoms with Gasteiger partial charge in [-0.2, -0.15) is 0 Å². The summed E-state index contributed by atoms with van der Waals surface area (Å²) >= 11 is 0. The van der Waals surface area contributed by atoms with Crippen molar-refractivity contribution in [2.45, 2.75) is 111 Å². The SMILES string of the molecule is C=C(C)C(=O)OCCCCCCCCCCCCCCCC(C)C.[CH3]. The highest BCUT2D eigenvalue weighted by Crippen LogP contribution is 2.14. The first-order chi connectivity index (χ1) is 11.5. The second-order valence-electron chi connectivity index (χ2n) is 7.69. The molecule has 0 amide bonds. The Morgan fingerprint density at radius 3 is 1.48 bits per heavy atom. The highest BCUT2D eigenvalue weighted by Gasteiger charge is 2.01. The van der Waals surface area contributed by atoms with Gasteiger partial charge in [0.2, 0.25) is 0 Å². The standard InChI is InChI=1S/C22H42O2.CH3/c1-20(2)18-16-14-12-10-8-6-5-7-9-11-13-15-17-19-24-22(23)21(3)4;/h20H,3,5-19H2,1-2,4H3;1H3. The molecular formula is C23H45O2. The molecule has 0 saturated carbocycles. The monoisotopic (exact) mass is 353 g/mol. The maximum atomic E-state index is 11.2. The molecule has 25 heavy (non-hydrogen) atoms. The van der Waals surface area contributed by atoms with Crippen LogP contribution in [-0.4, -0.2) is 12.6 Å². The van der Waals surface area contributed by atoms with E-state index < -0.39 is 0 Å². The van der Waals surface area contributed by atoms with Gasteiger partial charge in [0.05, 0.1) is 6.61 Å². The summed E-state index contributed by atoms with van der Waals surface area (Å²) in [4.78, 5) is 11.2. The topological polar surface area (TPSA) is 26.3 Å². The third-order valence-corrected chi connectivity index (χ3v) is 4.51. The lowest BCUT2D eigenvalue weighted by atomic mass is 10.0. The Balaban J connectivity index is 0. The number of hydrogen-bond donors (Lipinski definition) is 0. The summed E-state index contributed by atoms with van der Waals surface area (Å²) < 4.78 is 5.08. The van der Waals surface area contributed by atoms with Crippen LogP contribution in [-0.2, 0) is 9.53 Å². The molecule has 0 bridgehead atoms. The fraction of sp³-hybridized carbons (Fsp3) is 0.826. The van der Waals surface area contributed by atoms with E-state index in [-0.39, 0.29) is 13.4 Å². The van der Waals surface area contributed by atoms with E-state index in [0.717, 1.165) is 12.3 Å².